The van der Waals surface area contributed by atoms with Crippen LogP contribution in [-0.4, -0.2) is 50.6 Å². The summed E-state index contributed by atoms with van der Waals surface area (Å²) in [5, 5.41) is 0. The second-order valence-corrected chi connectivity index (χ2v) is 8.85. The average molecular weight is 504 g/mol. The van der Waals surface area contributed by atoms with E-state index in [9.17, 15) is 26.7 Å². The zero-order valence-electron chi connectivity index (χ0n) is 18.8. The van der Waals surface area contributed by atoms with Gasteiger partial charge in [-0.15, -0.1) is 0 Å². The molecule has 6 nitrogen and oxygen atoms in total. The number of carbonyl (C=O) groups is 1. The third-order valence-electron chi connectivity index (χ3n) is 6.82. The van der Waals surface area contributed by atoms with Crippen molar-refractivity contribution in [1.29, 1.82) is 0 Å². The molecule has 1 aromatic carbocycles. The van der Waals surface area contributed by atoms with Gasteiger partial charge in [-0.2, -0.15) is 13.2 Å². The second kappa shape index (κ2) is 9.44. The summed E-state index contributed by atoms with van der Waals surface area (Å²) >= 11 is 0. The standard InChI is InChI=1S/C25H21F5N4O2/c26-12-19-14-5-7-18(20(11-14)36-21-8-6-15(13-33-21)25(28,29)30)34(19)24(35)16-3-1-4-17(27)22(16)23-31-9-2-10-32-23/h1-4,6,8-10,13-14,18-20H,5,7,11-12H2/t14-,18+,19-,20-/m1/s1. The van der Waals surface area contributed by atoms with Crippen LogP contribution >= 0.6 is 0 Å². The minimum absolute atomic E-state index is 0.00129. The van der Waals surface area contributed by atoms with Crippen LogP contribution in [0.4, 0.5) is 22.0 Å². The van der Waals surface area contributed by atoms with E-state index in [1.165, 1.54) is 35.5 Å². The summed E-state index contributed by atoms with van der Waals surface area (Å²) in [5.41, 5.74) is -0.987. The Balaban J connectivity index is 1.46. The Morgan fingerprint density at radius 1 is 1.06 bits per heavy atom. The van der Waals surface area contributed by atoms with Gasteiger partial charge in [0, 0.05) is 24.7 Å². The number of carbonyl (C=O) groups excluding carboxylic acids is 1. The lowest BCUT2D eigenvalue weighted by Crippen LogP contribution is -2.65. The van der Waals surface area contributed by atoms with Gasteiger partial charge in [0.2, 0.25) is 5.88 Å². The highest BCUT2D eigenvalue weighted by atomic mass is 19.4. The van der Waals surface area contributed by atoms with Crippen LogP contribution in [0.25, 0.3) is 11.4 Å². The molecule has 188 valence electrons. The van der Waals surface area contributed by atoms with Crippen LogP contribution in [0.2, 0.25) is 0 Å². The molecular weight excluding hydrogens is 483 g/mol. The van der Waals surface area contributed by atoms with Crippen LogP contribution in [0.1, 0.15) is 35.2 Å². The number of nitrogens with zero attached hydrogens (tertiary/aromatic N) is 4. The minimum Gasteiger partial charge on any atom is -0.472 e. The van der Waals surface area contributed by atoms with Crippen LogP contribution < -0.4 is 4.74 Å². The normalized spacial score (nSPS) is 23.5. The maximum Gasteiger partial charge on any atom is 0.417 e. The molecule has 2 aliphatic heterocycles. The van der Waals surface area contributed by atoms with Gasteiger partial charge in [0.25, 0.3) is 5.91 Å². The number of halogens is 5. The second-order valence-electron chi connectivity index (χ2n) is 8.85. The van der Waals surface area contributed by atoms with Gasteiger partial charge in [0.15, 0.2) is 5.82 Å². The molecule has 0 unspecified atom stereocenters. The predicted octanol–water partition coefficient (Wildman–Crippen LogP) is 5.11. The molecule has 3 fully saturated rings. The number of fused-ring (bicyclic) bond motifs is 3. The highest BCUT2D eigenvalue weighted by molar-refractivity contribution is 6.00. The topological polar surface area (TPSA) is 68.2 Å². The Morgan fingerprint density at radius 3 is 2.50 bits per heavy atom. The molecule has 4 heterocycles. The van der Waals surface area contributed by atoms with E-state index in [-0.39, 0.29) is 28.7 Å². The lowest BCUT2D eigenvalue weighted by atomic mass is 9.72. The monoisotopic (exact) mass is 504 g/mol. The van der Waals surface area contributed by atoms with Gasteiger partial charge in [-0.05, 0) is 49.4 Å². The van der Waals surface area contributed by atoms with Crippen molar-refractivity contribution in [3.63, 3.8) is 0 Å². The van der Waals surface area contributed by atoms with Crippen molar-refractivity contribution in [2.45, 2.75) is 43.6 Å². The lowest BCUT2D eigenvalue weighted by Gasteiger charge is -2.53. The summed E-state index contributed by atoms with van der Waals surface area (Å²) in [4.78, 5) is 27.1. The van der Waals surface area contributed by atoms with Crippen LogP contribution in [0.15, 0.2) is 55.0 Å². The van der Waals surface area contributed by atoms with Gasteiger partial charge in [-0.25, -0.2) is 23.7 Å². The lowest BCUT2D eigenvalue weighted by molar-refractivity contribution is -0.137. The van der Waals surface area contributed by atoms with Gasteiger partial charge in [0.1, 0.15) is 18.6 Å². The molecule has 2 saturated heterocycles. The summed E-state index contributed by atoms with van der Waals surface area (Å²) in [6, 6.07) is 6.29. The number of pyridine rings is 1. The zero-order chi connectivity index (χ0) is 25.4. The van der Waals surface area contributed by atoms with Crippen LogP contribution in [0.3, 0.4) is 0 Å². The molecule has 4 atom stereocenters. The van der Waals surface area contributed by atoms with Crippen molar-refractivity contribution in [1.82, 2.24) is 19.9 Å². The smallest absolute Gasteiger partial charge is 0.417 e. The number of benzene rings is 1. The minimum atomic E-state index is -4.53. The largest absolute Gasteiger partial charge is 0.472 e. The van der Waals surface area contributed by atoms with Crippen molar-refractivity contribution in [3.05, 3.63) is 71.9 Å². The van der Waals surface area contributed by atoms with Crippen LogP contribution in [-0.2, 0) is 6.18 Å². The van der Waals surface area contributed by atoms with E-state index in [1.54, 1.807) is 6.07 Å². The SMILES string of the molecule is O=C(c1cccc(F)c1-c1ncccn1)N1[C@H](CF)[C@@H]2CC[C@H]1[C@H](Oc1ccc(C(F)(F)F)cn1)C2. The number of ether oxygens (including phenoxy) is 1. The highest BCUT2D eigenvalue weighted by Gasteiger charge is 2.50. The van der Waals surface area contributed by atoms with E-state index in [2.05, 4.69) is 15.0 Å². The van der Waals surface area contributed by atoms with Gasteiger partial charge in [0.05, 0.1) is 28.8 Å². The molecule has 0 radical (unpaired) electrons. The maximum atomic E-state index is 14.9. The van der Waals surface area contributed by atoms with E-state index in [0.717, 1.165) is 12.1 Å². The fourth-order valence-corrected chi connectivity index (χ4v) is 5.18. The third-order valence-corrected chi connectivity index (χ3v) is 6.82. The number of rotatable bonds is 5. The summed E-state index contributed by atoms with van der Waals surface area (Å²) in [5.74, 6) is -1.49. The first kappa shape index (κ1) is 24.1. The molecule has 2 aromatic heterocycles. The average Bonchev–Trinajstić information content (AvgIpc) is 2.88. The van der Waals surface area contributed by atoms with Crippen molar-refractivity contribution in [2.75, 3.05) is 6.67 Å². The number of alkyl halides is 4. The van der Waals surface area contributed by atoms with Crippen LogP contribution in [0.5, 0.6) is 5.88 Å². The fraction of sp³-hybridized carbons (Fsp3) is 0.360. The first-order valence-electron chi connectivity index (χ1n) is 11.4. The molecule has 1 aliphatic carbocycles. The third kappa shape index (κ3) is 4.38. The van der Waals surface area contributed by atoms with Gasteiger partial charge < -0.3 is 9.64 Å². The molecule has 1 saturated carbocycles. The molecule has 6 rings (SSSR count). The van der Waals surface area contributed by atoms with Gasteiger partial charge >= 0.3 is 6.18 Å². The van der Waals surface area contributed by atoms with E-state index < -0.39 is 48.3 Å². The number of piperidine rings is 2. The molecule has 3 aliphatic rings. The first-order chi connectivity index (χ1) is 17.3. The number of amides is 1. The summed E-state index contributed by atoms with van der Waals surface area (Å²) in [6.07, 6.45) is -0.00509. The first-order valence-corrected chi connectivity index (χ1v) is 11.4. The van der Waals surface area contributed by atoms with E-state index in [0.29, 0.717) is 25.5 Å². The molecule has 2 bridgehead atoms. The van der Waals surface area contributed by atoms with E-state index >= 15 is 0 Å². The number of hydrogen-bond acceptors (Lipinski definition) is 5. The van der Waals surface area contributed by atoms with E-state index in [4.69, 9.17) is 4.74 Å². The van der Waals surface area contributed by atoms with Crippen LogP contribution in [0, 0.1) is 11.7 Å². The van der Waals surface area contributed by atoms with Crippen molar-refractivity contribution in [2.24, 2.45) is 5.92 Å². The Hall–Kier alpha value is -3.63. The van der Waals surface area contributed by atoms with Gasteiger partial charge in [-0.1, -0.05) is 6.07 Å². The summed E-state index contributed by atoms with van der Waals surface area (Å²) in [6.45, 7) is -0.787. The quantitative estimate of drug-likeness (QED) is 0.452. The number of aromatic nitrogens is 3. The Morgan fingerprint density at radius 2 is 1.83 bits per heavy atom. The molecule has 0 N–H and O–H groups in total. The maximum absolute atomic E-state index is 14.9. The molecular formula is C25H21F5N4O2. The molecule has 3 aromatic rings. The zero-order valence-corrected chi connectivity index (χ0v) is 18.8. The summed E-state index contributed by atoms with van der Waals surface area (Å²) < 4.78 is 73.6. The summed E-state index contributed by atoms with van der Waals surface area (Å²) in [7, 11) is 0. The van der Waals surface area contributed by atoms with Crippen molar-refractivity contribution in [3.8, 4) is 17.3 Å². The van der Waals surface area contributed by atoms with Gasteiger partial charge in [-0.3, -0.25) is 4.79 Å². The Bertz CT molecular complexity index is 1240. The molecule has 11 heteroatoms. The molecule has 0 spiro atoms. The Kier molecular flexibility index (Phi) is 6.31. The van der Waals surface area contributed by atoms with E-state index in [1.807, 2.05) is 0 Å². The van der Waals surface area contributed by atoms with Crippen molar-refractivity contribution < 1.29 is 31.5 Å². The highest BCUT2D eigenvalue weighted by Crippen LogP contribution is 2.43. The molecule has 1 amide bonds. The van der Waals surface area contributed by atoms with Crippen molar-refractivity contribution >= 4 is 5.91 Å². The number of hydrogen-bond donors (Lipinski definition) is 0. The predicted molar refractivity (Wildman–Crippen MR) is 118 cm³/mol. The Labute approximate surface area is 203 Å². The molecule has 36 heavy (non-hydrogen) atoms. The fourth-order valence-electron chi connectivity index (χ4n) is 5.18.